The lowest BCUT2D eigenvalue weighted by Crippen LogP contribution is -2.25. The number of aliphatic carboxylic acids is 1. The Bertz CT molecular complexity index is 672. The lowest BCUT2D eigenvalue weighted by atomic mass is 10.2. The Morgan fingerprint density at radius 3 is 2.52 bits per heavy atom. The molecule has 0 unspecified atom stereocenters. The summed E-state index contributed by atoms with van der Waals surface area (Å²) in [6.45, 7) is 0.312. The van der Waals surface area contributed by atoms with E-state index >= 15 is 0 Å². The maximum atomic E-state index is 12.0. The van der Waals surface area contributed by atoms with E-state index in [0.717, 1.165) is 0 Å². The highest BCUT2D eigenvalue weighted by molar-refractivity contribution is 7.89. The Hall–Kier alpha value is -2.13. The van der Waals surface area contributed by atoms with E-state index in [1.807, 2.05) is 0 Å². The summed E-state index contributed by atoms with van der Waals surface area (Å²) in [6, 6.07) is 4.10. The van der Waals surface area contributed by atoms with E-state index in [2.05, 4.69) is 10.0 Å². The van der Waals surface area contributed by atoms with Crippen molar-refractivity contribution in [1.29, 1.82) is 0 Å². The SMILES string of the molecule is CNS(=O)(=O)c1cc(C(=O)NCCCCC(=O)O)ccc1OC. The summed E-state index contributed by atoms with van der Waals surface area (Å²) in [6.07, 6.45) is 1.02. The fourth-order valence-corrected chi connectivity index (χ4v) is 2.76. The first-order chi connectivity index (χ1) is 10.8. The topological polar surface area (TPSA) is 122 Å². The second-order valence-corrected chi connectivity index (χ2v) is 6.53. The summed E-state index contributed by atoms with van der Waals surface area (Å²) >= 11 is 0. The number of methoxy groups -OCH3 is 1. The molecular weight excluding hydrogens is 324 g/mol. The van der Waals surface area contributed by atoms with Gasteiger partial charge in [-0.2, -0.15) is 0 Å². The van der Waals surface area contributed by atoms with E-state index in [9.17, 15) is 18.0 Å². The number of sulfonamides is 1. The molecule has 1 rings (SSSR count). The van der Waals surface area contributed by atoms with Crippen molar-refractivity contribution < 1.29 is 27.9 Å². The minimum atomic E-state index is -3.76. The van der Waals surface area contributed by atoms with Gasteiger partial charge in [0, 0.05) is 18.5 Å². The third-order valence-electron chi connectivity index (χ3n) is 3.09. The zero-order valence-electron chi connectivity index (χ0n) is 13.0. The van der Waals surface area contributed by atoms with E-state index in [4.69, 9.17) is 9.84 Å². The van der Waals surface area contributed by atoms with Gasteiger partial charge in [-0.3, -0.25) is 9.59 Å². The number of carbonyl (C=O) groups excluding carboxylic acids is 1. The van der Waals surface area contributed by atoms with Gasteiger partial charge in [-0.25, -0.2) is 13.1 Å². The summed E-state index contributed by atoms with van der Waals surface area (Å²) in [7, 11) is -1.15. The van der Waals surface area contributed by atoms with E-state index in [0.29, 0.717) is 19.4 Å². The van der Waals surface area contributed by atoms with Crippen LogP contribution in [0.4, 0.5) is 0 Å². The molecular formula is C14H20N2O6S. The van der Waals surface area contributed by atoms with Crippen LogP contribution in [0.1, 0.15) is 29.6 Å². The summed E-state index contributed by atoms with van der Waals surface area (Å²) in [5.41, 5.74) is 0.179. The number of carbonyl (C=O) groups is 2. The van der Waals surface area contributed by atoms with Crippen LogP contribution in [-0.2, 0) is 14.8 Å². The van der Waals surface area contributed by atoms with Crippen molar-refractivity contribution in [2.45, 2.75) is 24.2 Å². The first kappa shape index (κ1) is 18.9. The zero-order chi connectivity index (χ0) is 17.5. The Kier molecular flexibility index (Phi) is 6.98. The fraction of sp³-hybridized carbons (Fsp3) is 0.429. The van der Waals surface area contributed by atoms with Gasteiger partial charge in [-0.05, 0) is 38.1 Å². The van der Waals surface area contributed by atoms with Crippen molar-refractivity contribution in [1.82, 2.24) is 10.0 Å². The Labute approximate surface area is 134 Å². The predicted octanol–water partition coefficient (Wildman–Crippen LogP) is 0.588. The Balaban J connectivity index is 2.79. The maximum absolute atomic E-state index is 12.0. The van der Waals surface area contributed by atoms with Crippen molar-refractivity contribution in [3.8, 4) is 5.75 Å². The normalized spacial score (nSPS) is 11.0. The maximum Gasteiger partial charge on any atom is 0.303 e. The minimum Gasteiger partial charge on any atom is -0.495 e. The molecule has 128 valence electrons. The smallest absolute Gasteiger partial charge is 0.303 e. The molecule has 0 aliphatic heterocycles. The third kappa shape index (κ3) is 5.53. The van der Waals surface area contributed by atoms with Gasteiger partial charge in [-0.15, -0.1) is 0 Å². The van der Waals surface area contributed by atoms with E-state index in [-0.39, 0.29) is 22.6 Å². The average molecular weight is 344 g/mol. The van der Waals surface area contributed by atoms with Crippen molar-refractivity contribution in [2.75, 3.05) is 20.7 Å². The van der Waals surface area contributed by atoms with Gasteiger partial charge in [0.15, 0.2) is 0 Å². The molecule has 0 saturated heterocycles. The van der Waals surface area contributed by atoms with Gasteiger partial charge in [0.05, 0.1) is 7.11 Å². The number of benzene rings is 1. The van der Waals surface area contributed by atoms with Crippen LogP contribution in [0.3, 0.4) is 0 Å². The van der Waals surface area contributed by atoms with Gasteiger partial charge in [0.25, 0.3) is 5.91 Å². The van der Waals surface area contributed by atoms with Gasteiger partial charge in [0.1, 0.15) is 10.6 Å². The molecule has 0 aliphatic rings. The zero-order valence-corrected chi connectivity index (χ0v) is 13.8. The Morgan fingerprint density at radius 2 is 1.96 bits per heavy atom. The summed E-state index contributed by atoms with van der Waals surface area (Å²) in [4.78, 5) is 22.3. The fourth-order valence-electron chi connectivity index (χ4n) is 1.84. The molecule has 0 aromatic heterocycles. The summed E-state index contributed by atoms with van der Waals surface area (Å²) < 4.78 is 31.1. The first-order valence-corrected chi connectivity index (χ1v) is 8.41. The van der Waals surface area contributed by atoms with Crippen LogP contribution < -0.4 is 14.8 Å². The molecule has 0 spiro atoms. The van der Waals surface area contributed by atoms with E-state index in [1.165, 1.54) is 32.4 Å². The summed E-state index contributed by atoms with van der Waals surface area (Å²) in [5, 5.41) is 11.1. The van der Waals surface area contributed by atoms with Crippen LogP contribution >= 0.6 is 0 Å². The first-order valence-electron chi connectivity index (χ1n) is 6.93. The van der Waals surface area contributed by atoms with Crippen molar-refractivity contribution in [3.05, 3.63) is 23.8 Å². The van der Waals surface area contributed by atoms with Crippen LogP contribution in [0.15, 0.2) is 23.1 Å². The van der Waals surface area contributed by atoms with Crippen molar-refractivity contribution in [2.24, 2.45) is 0 Å². The number of amides is 1. The quantitative estimate of drug-likeness (QED) is 0.564. The van der Waals surface area contributed by atoms with Crippen LogP contribution in [0.2, 0.25) is 0 Å². The molecule has 0 bridgehead atoms. The molecule has 0 fully saturated rings. The van der Waals surface area contributed by atoms with E-state index in [1.54, 1.807) is 0 Å². The standard InChI is InChI=1S/C14H20N2O6S/c1-15-23(20,21)12-9-10(6-7-11(12)22-2)14(19)16-8-4-3-5-13(17)18/h6-7,9,15H,3-5,8H2,1-2H3,(H,16,19)(H,17,18). The lowest BCUT2D eigenvalue weighted by Gasteiger charge is -2.11. The minimum absolute atomic E-state index is 0.0446. The predicted molar refractivity (Wildman–Crippen MR) is 83.1 cm³/mol. The molecule has 0 radical (unpaired) electrons. The second-order valence-electron chi connectivity index (χ2n) is 4.68. The molecule has 1 amide bonds. The molecule has 8 nitrogen and oxygen atoms in total. The number of carboxylic acid groups (broad SMARTS) is 1. The molecule has 23 heavy (non-hydrogen) atoms. The molecule has 0 atom stereocenters. The second kappa shape index (κ2) is 8.49. The number of nitrogens with one attached hydrogen (secondary N) is 2. The van der Waals surface area contributed by atoms with E-state index < -0.39 is 21.9 Å². The number of unbranched alkanes of at least 4 members (excludes halogenated alkanes) is 1. The highest BCUT2D eigenvalue weighted by Gasteiger charge is 2.20. The highest BCUT2D eigenvalue weighted by atomic mass is 32.2. The number of hydrogen-bond acceptors (Lipinski definition) is 5. The number of carboxylic acids is 1. The van der Waals surface area contributed by atoms with Gasteiger partial charge in [-0.1, -0.05) is 0 Å². The van der Waals surface area contributed by atoms with Crippen molar-refractivity contribution >= 4 is 21.9 Å². The molecule has 3 N–H and O–H groups in total. The van der Waals surface area contributed by atoms with Crippen LogP contribution in [0.5, 0.6) is 5.75 Å². The average Bonchev–Trinajstić information content (AvgIpc) is 2.53. The largest absolute Gasteiger partial charge is 0.495 e. The third-order valence-corrected chi connectivity index (χ3v) is 4.52. The van der Waals surface area contributed by atoms with Crippen LogP contribution in [-0.4, -0.2) is 46.1 Å². The van der Waals surface area contributed by atoms with Gasteiger partial charge >= 0.3 is 5.97 Å². The van der Waals surface area contributed by atoms with Gasteiger partial charge < -0.3 is 15.2 Å². The molecule has 1 aromatic carbocycles. The monoisotopic (exact) mass is 344 g/mol. The number of ether oxygens (including phenoxy) is 1. The Morgan fingerprint density at radius 1 is 1.26 bits per heavy atom. The molecule has 0 heterocycles. The van der Waals surface area contributed by atoms with Crippen LogP contribution in [0.25, 0.3) is 0 Å². The molecule has 9 heteroatoms. The number of hydrogen-bond donors (Lipinski definition) is 3. The van der Waals surface area contributed by atoms with Crippen molar-refractivity contribution in [3.63, 3.8) is 0 Å². The van der Waals surface area contributed by atoms with Crippen LogP contribution in [0, 0.1) is 0 Å². The number of rotatable bonds is 9. The molecule has 0 saturated carbocycles. The summed E-state index contributed by atoms with van der Waals surface area (Å²) in [5.74, 6) is -1.18. The highest BCUT2D eigenvalue weighted by Crippen LogP contribution is 2.24. The molecule has 1 aromatic rings. The van der Waals surface area contributed by atoms with Gasteiger partial charge in [0.2, 0.25) is 10.0 Å². The lowest BCUT2D eigenvalue weighted by molar-refractivity contribution is -0.137. The molecule has 0 aliphatic carbocycles.